The van der Waals surface area contributed by atoms with E-state index in [4.69, 9.17) is 9.15 Å². The van der Waals surface area contributed by atoms with Gasteiger partial charge in [0, 0.05) is 13.1 Å². The van der Waals surface area contributed by atoms with Gasteiger partial charge >= 0.3 is 5.91 Å². The van der Waals surface area contributed by atoms with Gasteiger partial charge in [0.25, 0.3) is 6.02 Å². The zero-order chi connectivity index (χ0) is 18.4. The average molecular weight is 354 g/mol. The van der Waals surface area contributed by atoms with E-state index in [0.29, 0.717) is 11.9 Å². The van der Waals surface area contributed by atoms with Crippen molar-refractivity contribution in [3.8, 4) is 0 Å². The third-order valence-corrected chi connectivity index (χ3v) is 4.52. The lowest BCUT2D eigenvalue weighted by Crippen LogP contribution is -2.41. The standard InChI is InChI=1S/C21H26N2O3/c1-16(2)26-21(22-20(24)19-9-6-14-25-19)23-12-10-18(11-13-23)15-17-7-4-3-5-8-17/h3-9,14,16,18H,10-13,15H2,1-2H3. The normalized spacial score (nSPS) is 16.1. The van der Waals surface area contributed by atoms with Crippen LogP contribution in [0.1, 0.15) is 42.8 Å². The first-order valence-electron chi connectivity index (χ1n) is 9.24. The van der Waals surface area contributed by atoms with Crippen molar-refractivity contribution < 1.29 is 13.9 Å². The van der Waals surface area contributed by atoms with Crippen LogP contribution in [0.3, 0.4) is 0 Å². The van der Waals surface area contributed by atoms with Crippen molar-refractivity contribution in [3.63, 3.8) is 0 Å². The Morgan fingerprint density at radius 3 is 2.54 bits per heavy atom. The minimum Gasteiger partial charge on any atom is -0.462 e. The van der Waals surface area contributed by atoms with Gasteiger partial charge in [-0.15, -0.1) is 0 Å². The zero-order valence-corrected chi connectivity index (χ0v) is 15.4. The first-order valence-corrected chi connectivity index (χ1v) is 9.24. The van der Waals surface area contributed by atoms with E-state index >= 15 is 0 Å². The van der Waals surface area contributed by atoms with Gasteiger partial charge in [-0.2, -0.15) is 4.99 Å². The molecular weight excluding hydrogens is 328 g/mol. The number of nitrogens with zero attached hydrogens (tertiary/aromatic N) is 2. The number of benzene rings is 1. The third-order valence-electron chi connectivity index (χ3n) is 4.52. The van der Waals surface area contributed by atoms with Crippen LogP contribution in [0, 0.1) is 5.92 Å². The van der Waals surface area contributed by atoms with Gasteiger partial charge in [-0.05, 0) is 56.7 Å². The van der Waals surface area contributed by atoms with Gasteiger partial charge in [-0.25, -0.2) is 0 Å². The van der Waals surface area contributed by atoms with Crippen LogP contribution < -0.4 is 0 Å². The number of hydrogen-bond acceptors (Lipinski definition) is 3. The summed E-state index contributed by atoms with van der Waals surface area (Å²) in [6.07, 6.45) is 4.65. The summed E-state index contributed by atoms with van der Waals surface area (Å²) in [6, 6.07) is 14.3. The molecule has 0 bridgehead atoms. The molecule has 0 saturated carbocycles. The summed E-state index contributed by atoms with van der Waals surface area (Å²) in [4.78, 5) is 18.5. The fourth-order valence-electron chi connectivity index (χ4n) is 3.20. The molecule has 1 aromatic carbocycles. The van der Waals surface area contributed by atoms with Crippen LogP contribution in [-0.4, -0.2) is 36.0 Å². The maximum atomic E-state index is 12.3. The second-order valence-electron chi connectivity index (χ2n) is 6.96. The van der Waals surface area contributed by atoms with Crippen LogP contribution in [0.4, 0.5) is 0 Å². The number of carbonyl (C=O) groups is 1. The summed E-state index contributed by atoms with van der Waals surface area (Å²) in [5, 5.41) is 0. The Morgan fingerprint density at radius 1 is 1.19 bits per heavy atom. The number of rotatable bonds is 4. The van der Waals surface area contributed by atoms with Crippen LogP contribution in [0.5, 0.6) is 0 Å². The SMILES string of the molecule is CC(C)OC(=NC(=O)c1ccco1)N1CCC(Cc2ccccc2)CC1. The summed E-state index contributed by atoms with van der Waals surface area (Å²) in [5.41, 5.74) is 1.38. The molecule has 0 radical (unpaired) electrons. The van der Waals surface area contributed by atoms with E-state index in [2.05, 4.69) is 34.2 Å². The molecule has 1 aliphatic rings. The van der Waals surface area contributed by atoms with E-state index < -0.39 is 5.91 Å². The van der Waals surface area contributed by atoms with Crippen molar-refractivity contribution >= 4 is 11.9 Å². The third kappa shape index (κ3) is 4.97. The summed E-state index contributed by atoms with van der Waals surface area (Å²) in [6.45, 7) is 5.56. The first-order chi connectivity index (χ1) is 12.6. The Hall–Kier alpha value is -2.56. The van der Waals surface area contributed by atoms with Crippen LogP contribution in [-0.2, 0) is 11.2 Å². The number of piperidine rings is 1. The molecule has 1 amide bonds. The van der Waals surface area contributed by atoms with Gasteiger partial charge in [0.1, 0.15) is 0 Å². The van der Waals surface area contributed by atoms with E-state index in [1.807, 2.05) is 19.9 Å². The van der Waals surface area contributed by atoms with Crippen molar-refractivity contribution in [2.24, 2.45) is 10.9 Å². The summed E-state index contributed by atoms with van der Waals surface area (Å²) < 4.78 is 11.0. The Morgan fingerprint density at radius 2 is 1.92 bits per heavy atom. The quantitative estimate of drug-likeness (QED) is 0.611. The number of aliphatic imine (C=N–C) groups is 1. The molecule has 5 heteroatoms. The molecule has 1 aromatic heterocycles. The van der Waals surface area contributed by atoms with Crippen LogP contribution >= 0.6 is 0 Å². The maximum absolute atomic E-state index is 12.3. The highest BCUT2D eigenvalue weighted by atomic mass is 16.5. The molecule has 1 fully saturated rings. The summed E-state index contributed by atoms with van der Waals surface area (Å²) >= 11 is 0. The molecule has 0 atom stereocenters. The number of furan rings is 1. The molecule has 2 heterocycles. The van der Waals surface area contributed by atoms with Gasteiger partial charge in [0.2, 0.25) is 0 Å². The van der Waals surface area contributed by atoms with E-state index in [1.165, 1.54) is 11.8 Å². The Labute approximate surface area is 154 Å². The van der Waals surface area contributed by atoms with Gasteiger partial charge in [-0.1, -0.05) is 30.3 Å². The largest absolute Gasteiger partial charge is 0.462 e. The second-order valence-corrected chi connectivity index (χ2v) is 6.96. The lowest BCUT2D eigenvalue weighted by atomic mass is 9.90. The maximum Gasteiger partial charge on any atom is 0.317 e. The molecule has 5 nitrogen and oxygen atoms in total. The minimum atomic E-state index is -0.406. The lowest BCUT2D eigenvalue weighted by molar-refractivity contribution is 0.0957. The molecule has 0 N–H and O–H groups in total. The number of carbonyl (C=O) groups excluding carboxylic acids is 1. The smallest absolute Gasteiger partial charge is 0.317 e. The van der Waals surface area contributed by atoms with Crippen molar-refractivity contribution in [2.75, 3.05) is 13.1 Å². The molecule has 0 aliphatic carbocycles. The number of amides is 1. The van der Waals surface area contributed by atoms with Crippen LogP contribution in [0.25, 0.3) is 0 Å². The number of hydrogen-bond donors (Lipinski definition) is 0. The molecule has 3 rings (SSSR count). The predicted octanol–water partition coefficient (Wildman–Crippen LogP) is 4.16. The molecule has 26 heavy (non-hydrogen) atoms. The van der Waals surface area contributed by atoms with Crippen LogP contribution in [0.15, 0.2) is 58.1 Å². The fourth-order valence-corrected chi connectivity index (χ4v) is 3.20. The molecule has 1 saturated heterocycles. The van der Waals surface area contributed by atoms with Crippen molar-refractivity contribution in [1.29, 1.82) is 0 Å². The number of likely N-dealkylation sites (tertiary alicyclic amines) is 1. The van der Waals surface area contributed by atoms with Crippen molar-refractivity contribution in [3.05, 3.63) is 60.1 Å². The van der Waals surface area contributed by atoms with Gasteiger partial charge in [0.15, 0.2) is 5.76 Å². The van der Waals surface area contributed by atoms with Gasteiger partial charge in [0.05, 0.1) is 12.4 Å². The van der Waals surface area contributed by atoms with E-state index in [1.54, 1.807) is 12.1 Å². The molecule has 138 valence electrons. The van der Waals surface area contributed by atoms with E-state index in [0.717, 1.165) is 32.4 Å². The Kier molecular flexibility index (Phi) is 6.10. The van der Waals surface area contributed by atoms with E-state index in [-0.39, 0.29) is 11.9 Å². The Bertz CT molecular complexity index is 715. The van der Waals surface area contributed by atoms with Gasteiger partial charge < -0.3 is 14.1 Å². The summed E-state index contributed by atoms with van der Waals surface area (Å²) in [7, 11) is 0. The lowest BCUT2D eigenvalue weighted by Gasteiger charge is -2.34. The van der Waals surface area contributed by atoms with E-state index in [9.17, 15) is 4.79 Å². The Balaban J connectivity index is 1.62. The van der Waals surface area contributed by atoms with Gasteiger partial charge in [-0.3, -0.25) is 4.79 Å². The van der Waals surface area contributed by atoms with Crippen LogP contribution in [0.2, 0.25) is 0 Å². The number of amidine groups is 1. The molecule has 0 unspecified atom stereocenters. The summed E-state index contributed by atoms with van der Waals surface area (Å²) in [5.74, 6) is 0.473. The first kappa shape index (κ1) is 18.2. The fraction of sp³-hybridized carbons (Fsp3) is 0.429. The molecule has 2 aromatic rings. The average Bonchev–Trinajstić information content (AvgIpc) is 3.17. The highest BCUT2D eigenvalue weighted by Gasteiger charge is 2.24. The number of ether oxygens (including phenoxy) is 1. The zero-order valence-electron chi connectivity index (χ0n) is 15.4. The predicted molar refractivity (Wildman–Crippen MR) is 101 cm³/mol. The minimum absolute atomic E-state index is 0.0415. The topological polar surface area (TPSA) is 55.0 Å². The van der Waals surface area contributed by atoms with Crippen molar-refractivity contribution in [1.82, 2.24) is 4.90 Å². The molecule has 0 spiro atoms. The molecule has 1 aliphatic heterocycles. The monoisotopic (exact) mass is 354 g/mol. The second kappa shape index (κ2) is 8.70. The highest BCUT2D eigenvalue weighted by molar-refractivity contribution is 5.99. The molecular formula is C21H26N2O3. The highest BCUT2D eigenvalue weighted by Crippen LogP contribution is 2.22. The van der Waals surface area contributed by atoms with Crippen molar-refractivity contribution in [2.45, 2.75) is 39.2 Å².